The number of ether oxygens (including phenoxy) is 1. The van der Waals surface area contributed by atoms with E-state index in [1.165, 1.54) is 12.5 Å². The number of carbonyl (C=O) groups excluding carboxylic acids is 1. The molecule has 2 rings (SSSR count). The van der Waals surface area contributed by atoms with E-state index in [2.05, 4.69) is 31.3 Å². The minimum absolute atomic E-state index is 0.0235. The summed E-state index contributed by atoms with van der Waals surface area (Å²) in [4.78, 5) is 11.5. The van der Waals surface area contributed by atoms with Gasteiger partial charge in [-0.1, -0.05) is 32.0 Å². The summed E-state index contributed by atoms with van der Waals surface area (Å²) in [6, 6.07) is 15.2. The molecule has 24 heavy (non-hydrogen) atoms. The van der Waals surface area contributed by atoms with Crippen LogP contribution in [0.5, 0.6) is 5.75 Å². The van der Waals surface area contributed by atoms with Crippen molar-refractivity contribution in [3.63, 3.8) is 0 Å². The second kappa shape index (κ2) is 8.16. The fourth-order valence-electron chi connectivity index (χ4n) is 2.44. The van der Waals surface area contributed by atoms with Gasteiger partial charge in [0.25, 0.3) is 0 Å². The predicted molar refractivity (Wildman–Crippen MR) is 95.7 cm³/mol. The number of hydrogen-bond donors (Lipinski definition) is 1. The number of Topliss-reactive ketones (excluding diaryl/α,β-unsaturated/α-hetero) is 1. The first kappa shape index (κ1) is 17.6. The molecule has 2 aromatic carbocycles. The van der Waals surface area contributed by atoms with Crippen LogP contribution in [0.15, 0.2) is 42.5 Å². The summed E-state index contributed by atoms with van der Waals surface area (Å²) >= 11 is 0. The fourth-order valence-corrected chi connectivity index (χ4v) is 2.44. The highest BCUT2D eigenvalue weighted by atomic mass is 16.5. The molecular weight excluding hydrogens is 300 g/mol. The molecule has 0 aliphatic carbocycles. The van der Waals surface area contributed by atoms with Crippen molar-refractivity contribution in [3.05, 3.63) is 59.2 Å². The largest absolute Gasteiger partial charge is 0.491 e. The van der Waals surface area contributed by atoms with Gasteiger partial charge in [0.05, 0.1) is 11.3 Å². The molecule has 0 aromatic heterocycles. The van der Waals surface area contributed by atoms with Crippen molar-refractivity contribution >= 4 is 11.5 Å². The summed E-state index contributed by atoms with van der Waals surface area (Å²) in [7, 11) is 0. The SMILES string of the molecule is CC(=O)c1ccc(C#N)c(NCCOc2ccccc2C(C)C)c1. The number of nitrogens with one attached hydrogen (secondary N) is 1. The van der Waals surface area contributed by atoms with Crippen LogP contribution in [0.4, 0.5) is 5.69 Å². The smallest absolute Gasteiger partial charge is 0.159 e. The molecule has 0 saturated carbocycles. The Hall–Kier alpha value is -2.80. The molecule has 0 radical (unpaired) electrons. The van der Waals surface area contributed by atoms with E-state index in [0.29, 0.717) is 35.9 Å². The van der Waals surface area contributed by atoms with E-state index in [9.17, 15) is 10.1 Å². The molecule has 0 atom stereocenters. The number of carbonyl (C=O) groups is 1. The van der Waals surface area contributed by atoms with E-state index in [1.54, 1.807) is 18.2 Å². The third-order valence-corrected chi connectivity index (χ3v) is 3.76. The van der Waals surface area contributed by atoms with Crippen LogP contribution < -0.4 is 10.1 Å². The Balaban J connectivity index is 1.99. The lowest BCUT2D eigenvalue weighted by molar-refractivity contribution is 0.101. The third kappa shape index (κ3) is 4.36. The van der Waals surface area contributed by atoms with Crippen molar-refractivity contribution in [2.75, 3.05) is 18.5 Å². The average Bonchev–Trinajstić information content (AvgIpc) is 2.58. The lowest BCUT2D eigenvalue weighted by Crippen LogP contribution is -2.13. The lowest BCUT2D eigenvalue weighted by Gasteiger charge is -2.15. The highest BCUT2D eigenvalue weighted by Gasteiger charge is 2.08. The molecule has 0 spiro atoms. The van der Waals surface area contributed by atoms with Crippen molar-refractivity contribution in [1.29, 1.82) is 5.26 Å². The van der Waals surface area contributed by atoms with Gasteiger partial charge in [-0.3, -0.25) is 4.79 Å². The van der Waals surface area contributed by atoms with E-state index in [0.717, 1.165) is 5.75 Å². The summed E-state index contributed by atoms with van der Waals surface area (Å²) in [5.41, 5.74) is 2.94. The van der Waals surface area contributed by atoms with Crippen LogP contribution in [0, 0.1) is 11.3 Å². The fraction of sp³-hybridized carbons (Fsp3) is 0.300. The van der Waals surface area contributed by atoms with Crippen LogP contribution in [-0.2, 0) is 0 Å². The predicted octanol–water partition coefficient (Wildman–Crippen LogP) is 4.38. The first-order valence-corrected chi connectivity index (χ1v) is 8.03. The summed E-state index contributed by atoms with van der Waals surface area (Å²) < 4.78 is 5.86. The zero-order valence-corrected chi connectivity index (χ0v) is 14.3. The molecule has 4 nitrogen and oxygen atoms in total. The van der Waals surface area contributed by atoms with Crippen molar-refractivity contribution in [2.24, 2.45) is 0 Å². The highest BCUT2D eigenvalue weighted by Crippen LogP contribution is 2.25. The van der Waals surface area contributed by atoms with Crippen LogP contribution in [0.25, 0.3) is 0 Å². The minimum atomic E-state index is -0.0235. The van der Waals surface area contributed by atoms with Gasteiger partial charge in [0.15, 0.2) is 5.78 Å². The second-order valence-corrected chi connectivity index (χ2v) is 5.90. The number of para-hydroxylation sites is 1. The lowest BCUT2D eigenvalue weighted by atomic mass is 10.0. The normalized spacial score (nSPS) is 10.3. The van der Waals surface area contributed by atoms with E-state index in [-0.39, 0.29) is 5.78 Å². The van der Waals surface area contributed by atoms with Crippen molar-refractivity contribution < 1.29 is 9.53 Å². The average molecular weight is 322 g/mol. The number of anilines is 1. The molecule has 2 aromatic rings. The molecule has 0 aliphatic heterocycles. The van der Waals surface area contributed by atoms with Crippen molar-refractivity contribution in [3.8, 4) is 11.8 Å². The molecule has 0 amide bonds. The maximum atomic E-state index is 11.5. The zero-order chi connectivity index (χ0) is 17.5. The van der Waals surface area contributed by atoms with Crippen LogP contribution in [0.1, 0.15) is 48.2 Å². The Morgan fingerprint density at radius 3 is 2.67 bits per heavy atom. The molecule has 0 aliphatic rings. The van der Waals surface area contributed by atoms with Crippen molar-refractivity contribution in [2.45, 2.75) is 26.7 Å². The van der Waals surface area contributed by atoms with Crippen LogP contribution in [0.2, 0.25) is 0 Å². The number of hydrogen-bond acceptors (Lipinski definition) is 4. The Kier molecular flexibility index (Phi) is 5.97. The van der Waals surface area contributed by atoms with E-state index in [1.807, 2.05) is 18.2 Å². The van der Waals surface area contributed by atoms with Gasteiger partial charge in [0.2, 0.25) is 0 Å². The van der Waals surface area contributed by atoms with Gasteiger partial charge in [-0.15, -0.1) is 0 Å². The molecule has 0 heterocycles. The number of benzene rings is 2. The Morgan fingerprint density at radius 1 is 1.25 bits per heavy atom. The summed E-state index contributed by atoms with van der Waals surface area (Å²) in [6.07, 6.45) is 0. The molecule has 4 heteroatoms. The zero-order valence-electron chi connectivity index (χ0n) is 14.3. The number of ketones is 1. The topological polar surface area (TPSA) is 62.1 Å². The molecule has 0 unspecified atom stereocenters. The third-order valence-electron chi connectivity index (χ3n) is 3.76. The van der Waals surface area contributed by atoms with Crippen molar-refractivity contribution in [1.82, 2.24) is 0 Å². The van der Waals surface area contributed by atoms with Gasteiger partial charge in [-0.05, 0) is 42.7 Å². The Morgan fingerprint density at radius 2 is 2.00 bits per heavy atom. The molecule has 124 valence electrons. The summed E-state index contributed by atoms with van der Waals surface area (Å²) in [6.45, 7) is 6.79. The van der Waals surface area contributed by atoms with Gasteiger partial charge < -0.3 is 10.1 Å². The number of nitriles is 1. The van der Waals surface area contributed by atoms with Crippen LogP contribution in [-0.4, -0.2) is 18.9 Å². The first-order chi connectivity index (χ1) is 11.5. The van der Waals surface area contributed by atoms with E-state index in [4.69, 9.17) is 4.74 Å². The van der Waals surface area contributed by atoms with Gasteiger partial charge >= 0.3 is 0 Å². The van der Waals surface area contributed by atoms with Gasteiger partial charge in [0, 0.05) is 12.1 Å². The molecule has 1 N–H and O–H groups in total. The minimum Gasteiger partial charge on any atom is -0.491 e. The monoisotopic (exact) mass is 322 g/mol. The standard InChI is InChI=1S/C20H22N2O2/c1-14(2)18-6-4-5-7-20(18)24-11-10-22-19-12-16(15(3)23)8-9-17(19)13-21/h4-9,12,14,22H,10-11H2,1-3H3. The maximum Gasteiger partial charge on any atom is 0.159 e. The molecule has 0 saturated heterocycles. The van der Waals surface area contributed by atoms with Crippen LogP contribution >= 0.6 is 0 Å². The van der Waals surface area contributed by atoms with Gasteiger partial charge in [-0.25, -0.2) is 0 Å². The Bertz CT molecular complexity index is 760. The van der Waals surface area contributed by atoms with Crippen LogP contribution in [0.3, 0.4) is 0 Å². The second-order valence-electron chi connectivity index (χ2n) is 5.90. The number of rotatable bonds is 7. The number of nitrogens with zero attached hydrogens (tertiary/aromatic N) is 1. The maximum absolute atomic E-state index is 11.5. The quantitative estimate of drug-likeness (QED) is 0.607. The van der Waals surface area contributed by atoms with Gasteiger partial charge in [-0.2, -0.15) is 5.26 Å². The first-order valence-electron chi connectivity index (χ1n) is 8.03. The molecule has 0 bridgehead atoms. The highest BCUT2D eigenvalue weighted by molar-refractivity contribution is 5.95. The summed E-state index contributed by atoms with van der Waals surface area (Å²) in [5.74, 6) is 1.25. The Labute approximate surface area is 143 Å². The molecule has 0 fully saturated rings. The molecular formula is C20H22N2O2. The van der Waals surface area contributed by atoms with E-state index < -0.39 is 0 Å². The van der Waals surface area contributed by atoms with E-state index >= 15 is 0 Å². The van der Waals surface area contributed by atoms with Gasteiger partial charge in [0.1, 0.15) is 18.4 Å². The summed E-state index contributed by atoms with van der Waals surface area (Å²) in [5, 5.41) is 12.4.